The second kappa shape index (κ2) is 1.54. The van der Waals surface area contributed by atoms with Crippen LogP contribution in [-0.4, -0.2) is 17.3 Å². The summed E-state index contributed by atoms with van der Waals surface area (Å²) in [6, 6.07) is 0.104. The van der Waals surface area contributed by atoms with Crippen LogP contribution in [0.1, 0.15) is 6.42 Å². The summed E-state index contributed by atoms with van der Waals surface area (Å²) in [4.78, 5) is 14.9. The van der Waals surface area contributed by atoms with Crippen LogP contribution in [0.2, 0.25) is 0 Å². The monoisotopic (exact) mass is 126 g/mol. The summed E-state index contributed by atoms with van der Waals surface area (Å²) in [7, 11) is 0. The third kappa shape index (κ3) is 0.564. The van der Waals surface area contributed by atoms with Crippen molar-refractivity contribution in [2.75, 3.05) is 0 Å². The molecular weight excluding hydrogens is 120 g/mol. The van der Waals surface area contributed by atoms with E-state index in [1.54, 1.807) is 0 Å². The fraction of sp³-hybridized carbons (Fsp3) is 0.600. The molecule has 0 radical (unpaired) electrons. The number of hydrogen-bond acceptors (Lipinski definition) is 3. The molecule has 1 heterocycles. The molecule has 1 aliphatic carbocycles. The Balaban J connectivity index is 2.19. The second-order valence-corrected chi connectivity index (χ2v) is 2.22. The van der Waals surface area contributed by atoms with Gasteiger partial charge in [-0.05, 0) is 0 Å². The zero-order valence-electron chi connectivity index (χ0n) is 4.73. The van der Waals surface area contributed by atoms with Crippen molar-refractivity contribution >= 4 is 0 Å². The molecule has 2 aliphatic rings. The summed E-state index contributed by atoms with van der Waals surface area (Å²) in [5.41, 5.74) is 0. The summed E-state index contributed by atoms with van der Waals surface area (Å²) >= 11 is 0. The van der Waals surface area contributed by atoms with Crippen LogP contribution in [0, 0.1) is 4.91 Å². The maximum absolute atomic E-state index is 9.91. The minimum absolute atomic E-state index is 0.104. The summed E-state index contributed by atoms with van der Waals surface area (Å²) < 4.78 is 0. The quantitative estimate of drug-likeness (QED) is 0.382. The fourth-order valence-electron chi connectivity index (χ4n) is 1.19. The lowest BCUT2D eigenvalue weighted by molar-refractivity contribution is -0.151. The molecule has 48 valence electrons. The van der Waals surface area contributed by atoms with Crippen molar-refractivity contribution in [3.63, 3.8) is 0 Å². The Morgan fingerprint density at radius 2 is 2.56 bits per heavy atom. The van der Waals surface area contributed by atoms with E-state index < -0.39 is 0 Å². The van der Waals surface area contributed by atoms with E-state index in [0.29, 0.717) is 0 Å². The van der Waals surface area contributed by atoms with Crippen molar-refractivity contribution in [3.8, 4) is 0 Å². The average Bonchev–Trinajstić information content (AvgIpc) is 2.45. The number of hydrogen-bond donors (Lipinski definition) is 0. The molecule has 0 aromatic carbocycles. The standard InChI is InChI=1S/C5H6N2O2/c8-6-7-4-1-2-5(3-4)9-7/h1-2,4-5H,3H2. The van der Waals surface area contributed by atoms with Gasteiger partial charge >= 0.3 is 0 Å². The minimum atomic E-state index is 0.104. The maximum Gasteiger partial charge on any atom is 0.108 e. The number of fused-ring (bicyclic) bond motifs is 2. The number of nitroso groups, excluding NO2 is 1. The zero-order valence-corrected chi connectivity index (χ0v) is 4.73. The number of rotatable bonds is 1. The average molecular weight is 126 g/mol. The van der Waals surface area contributed by atoms with Gasteiger partial charge in [0.15, 0.2) is 0 Å². The second-order valence-electron chi connectivity index (χ2n) is 2.22. The van der Waals surface area contributed by atoms with E-state index in [1.165, 1.54) is 0 Å². The van der Waals surface area contributed by atoms with E-state index in [1.807, 2.05) is 12.2 Å². The molecule has 0 aromatic rings. The first-order valence-corrected chi connectivity index (χ1v) is 2.88. The molecule has 2 rings (SSSR count). The Labute approximate surface area is 52.0 Å². The van der Waals surface area contributed by atoms with Crippen LogP contribution in [0.3, 0.4) is 0 Å². The SMILES string of the molecule is O=NN1OC2C=CC1C2. The van der Waals surface area contributed by atoms with Crippen molar-refractivity contribution in [3.05, 3.63) is 17.1 Å². The van der Waals surface area contributed by atoms with Crippen LogP contribution in [-0.2, 0) is 4.84 Å². The van der Waals surface area contributed by atoms with E-state index >= 15 is 0 Å². The molecule has 2 bridgehead atoms. The highest BCUT2D eigenvalue weighted by Crippen LogP contribution is 2.28. The topological polar surface area (TPSA) is 41.9 Å². The highest BCUT2D eigenvalue weighted by molar-refractivity contribution is 5.09. The van der Waals surface area contributed by atoms with Crippen LogP contribution < -0.4 is 0 Å². The number of hydroxylamine groups is 1. The highest BCUT2D eigenvalue weighted by atomic mass is 16.7. The normalized spacial score (nSPS) is 38.0. The lowest BCUT2D eigenvalue weighted by Crippen LogP contribution is -2.21. The van der Waals surface area contributed by atoms with E-state index in [9.17, 15) is 4.91 Å². The molecule has 0 spiro atoms. The van der Waals surface area contributed by atoms with Crippen LogP contribution >= 0.6 is 0 Å². The van der Waals surface area contributed by atoms with Gasteiger partial charge in [0, 0.05) is 6.42 Å². The van der Waals surface area contributed by atoms with E-state index in [-0.39, 0.29) is 12.1 Å². The Morgan fingerprint density at radius 3 is 2.89 bits per heavy atom. The van der Waals surface area contributed by atoms with Gasteiger partial charge in [-0.2, -0.15) is 0 Å². The first-order chi connectivity index (χ1) is 4.40. The lowest BCUT2D eigenvalue weighted by atomic mass is 10.3. The number of nitrogens with zero attached hydrogens (tertiary/aromatic N) is 2. The van der Waals surface area contributed by atoms with Crippen LogP contribution in [0.4, 0.5) is 0 Å². The molecular formula is C5H6N2O2. The van der Waals surface area contributed by atoms with Gasteiger partial charge in [0.2, 0.25) is 0 Å². The van der Waals surface area contributed by atoms with Crippen LogP contribution in [0.15, 0.2) is 17.4 Å². The van der Waals surface area contributed by atoms with Crippen molar-refractivity contribution in [1.29, 1.82) is 0 Å². The van der Waals surface area contributed by atoms with Gasteiger partial charge in [-0.1, -0.05) is 12.2 Å². The first kappa shape index (κ1) is 4.93. The maximum atomic E-state index is 9.91. The fourth-order valence-corrected chi connectivity index (χ4v) is 1.19. The summed E-state index contributed by atoms with van der Waals surface area (Å²) in [6.07, 6.45) is 4.88. The van der Waals surface area contributed by atoms with Crippen molar-refractivity contribution < 1.29 is 4.84 Å². The van der Waals surface area contributed by atoms with Crippen molar-refractivity contribution in [2.45, 2.75) is 18.6 Å². The molecule has 0 amide bonds. The highest BCUT2D eigenvalue weighted by Gasteiger charge is 2.35. The molecule has 1 fully saturated rings. The Bertz CT molecular complexity index is 168. The summed E-state index contributed by atoms with van der Waals surface area (Å²) in [5, 5.41) is 3.80. The molecule has 9 heavy (non-hydrogen) atoms. The predicted molar refractivity (Wildman–Crippen MR) is 30.1 cm³/mol. The Morgan fingerprint density at radius 1 is 1.67 bits per heavy atom. The van der Waals surface area contributed by atoms with Gasteiger partial charge < -0.3 is 0 Å². The van der Waals surface area contributed by atoms with E-state index in [0.717, 1.165) is 11.6 Å². The largest absolute Gasteiger partial charge is 0.246 e. The lowest BCUT2D eigenvalue weighted by Gasteiger charge is -2.13. The van der Waals surface area contributed by atoms with E-state index in [4.69, 9.17) is 4.84 Å². The van der Waals surface area contributed by atoms with Crippen LogP contribution in [0.5, 0.6) is 0 Å². The zero-order chi connectivity index (χ0) is 6.27. The van der Waals surface area contributed by atoms with Gasteiger partial charge in [0.25, 0.3) is 0 Å². The van der Waals surface area contributed by atoms with Gasteiger partial charge in [-0.25, -0.2) is 4.84 Å². The first-order valence-electron chi connectivity index (χ1n) is 2.88. The molecule has 0 N–H and O–H groups in total. The smallest absolute Gasteiger partial charge is 0.108 e. The van der Waals surface area contributed by atoms with Gasteiger partial charge in [-0.15, -0.1) is 10.1 Å². The van der Waals surface area contributed by atoms with E-state index in [2.05, 4.69) is 5.29 Å². The molecule has 2 atom stereocenters. The molecule has 1 saturated heterocycles. The van der Waals surface area contributed by atoms with Crippen LogP contribution in [0.25, 0.3) is 0 Å². The Kier molecular flexibility index (Phi) is 0.843. The molecule has 2 unspecified atom stereocenters. The van der Waals surface area contributed by atoms with Gasteiger partial charge in [-0.3, -0.25) is 0 Å². The molecule has 0 saturated carbocycles. The van der Waals surface area contributed by atoms with Gasteiger partial charge in [0.1, 0.15) is 12.1 Å². The third-order valence-electron chi connectivity index (χ3n) is 1.63. The summed E-state index contributed by atoms with van der Waals surface area (Å²) in [6.45, 7) is 0. The predicted octanol–water partition coefficient (Wildman–Crippen LogP) is 0.612. The van der Waals surface area contributed by atoms with Crippen molar-refractivity contribution in [2.24, 2.45) is 5.29 Å². The van der Waals surface area contributed by atoms with Gasteiger partial charge in [0.05, 0.1) is 5.29 Å². The Hall–Kier alpha value is -0.900. The molecule has 4 heteroatoms. The summed E-state index contributed by atoms with van der Waals surface area (Å²) in [5.74, 6) is 0. The third-order valence-corrected chi connectivity index (χ3v) is 1.63. The molecule has 0 aromatic heterocycles. The molecule has 4 nitrogen and oxygen atoms in total. The minimum Gasteiger partial charge on any atom is -0.246 e. The molecule has 1 aliphatic heterocycles. The van der Waals surface area contributed by atoms with Crippen molar-refractivity contribution in [1.82, 2.24) is 5.17 Å².